The number of sulfonamides is 1. The molecule has 0 aliphatic carbocycles. The van der Waals surface area contributed by atoms with Crippen molar-refractivity contribution in [1.29, 1.82) is 0 Å². The minimum Gasteiger partial charge on any atom is -0.454 e. The number of carbonyl (C=O) groups is 1. The van der Waals surface area contributed by atoms with Gasteiger partial charge >= 0.3 is 0 Å². The van der Waals surface area contributed by atoms with Gasteiger partial charge in [0.05, 0.1) is 11.4 Å². The number of benzene rings is 1. The zero-order chi connectivity index (χ0) is 17.0. The maximum Gasteiger partial charge on any atom is 0.241 e. The lowest BCUT2D eigenvalue weighted by Crippen LogP contribution is -2.36. The van der Waals surface area contributed by atoms with Crippen molar-refractivity contribution in [2.24, 2.45) is 0 Å². The fraction of sp³-hybridized carbons (Fsp3) is 0.200. The van der Waals surface area contributed by atoms with Gasteiger partial charge in [-0.25, -0.2) is 13.1 Å². The highest BCUT2D eigenvalue weighted by molar-refractivity contribution is 7.89. The molecule has 0 radical (unpaired) electrons. The number of hydrogen-bond donors (Lipinski definition) is 2. The molecule has 0 saturated heterocycles. The summed E-state index contributed by atoms with van der Waals surface area (Å²) in [7, 11) is -3.82. The first kappa shape index (κ1) is 16.2. The summed E-state index contributed by atoms with van der Waals surface area (Å²) >= 11 is 0. The Morgan fingerprint density at radius 3 is 2.67 bits per heavy atom. The Morgan fingerprint density at radius 2 is 1.88 bits per heavy atom. The molecular formula is C15H15N3O5S. The van der Waals surface area contributed by atoms with E-state index in [4.69, 9.17) is 9.47 Å². The molecule has 8 nitrogen and oxygen atoms in total. The number of nitrogens with one attached hydrogen (secondary N) is 2. The van der Waals surface area contributed by atoms with Crippen LogP contribution in [-0.4, -0.2) is 32.6 Å². The SMILES string of the molecule is O=C(CNS(=O)(=O)c1ccc2c(c1)OCO2)NCc1ccncc1. The average molecular weight is 349 g/mol. The monoisotopic (exact) mass is 349 g/mol. The molecule has 1 aliphatic rings. The van der Waals surface area contributed by atoms with E-state index in [-0.39, 0.29) is 18.2 Å². The number of nitrogens with zero attached hydrogens (tertiary/aromatic N) is 1. The largest absolute Gasteiger partial charge is 0.454 e. The molecule has 126 valence electrons. The topological polar surface area (TPSA) is 107 Å². The number of fused-ring (bicyclic) bond motifs is 1. The van der Waals surface area contributed by atoms with E-state index in [1.165, 1.54) is 18.2 Å². The lowest BCUT2D eigenvalue weighted by Gasteiger charge is -2.08. The van der Waals surface area contributed by atoms with Gasteiger partial charge in [0.15, 0.2) is 11.5 Å². The third kappa shape index (κ3) is 3.81. The summed E-state index contributed by atoms with van der Waals surface area (Å²) in [5.74, 6) is 0.417. The Bertz CT molecular complexity index is 839. The van der Waals surface area contributed by atoms with Crippen LogP contribution < -0.4 is 19.5 Å². The van der Waals surface area contributed by atoms with Gasteiger partial charge in [0, 0.05) is 25.0 Å². The summed E-state index contributed by atoms with van der Waals surface area (Å²) in [6.45, 7) is -0.00135. The molecule has 1 aliphatic heterocycles. The van der Waals surface area contributed by atoms with E-state index < -0.39 is 15.9 Å². The van der Waals surface area contributed by atoms with Crippen molar-refractivity contribution in [1.82, 2.24) is 15.0 Å². The fourth-order valence-electron chi connectivity index (χ4n) is 2.05. The van der Waals surface area contributed by atoms with E-state index in [1.807, 2.05) is 0 Å². The fourth-order valence-corrected chi connectivity index (χ4v) is 3.05. The zero-order valence-electron chi connectivity index (χ0n) is 12.6. The summed E-state index contributed by atoms with van der Waals surface area (Å²) in [5.41, 5.74) is 0.872. The minimum atomic E-state index is -3.82. The molecule has 0 spiro atoms. The smallest absolute Gasteiger partial charge is 0.241 e. The Morgan fingerprint density at radius 1 is 1.12 bits per heavy atom. The van der Waals surface area contributed by atoms with E-state index in [2.05, 4.69) is 15.0 Å². The van der Waals surface area contributed by atoms with Crippen molar-refractivity contribution < 1.29 is 22.7 Å². The molecule has 1 amide bonds. The molecule has 1 aromatic carbocycles. The second-order valence-corrected chi connectivity index (χ2v) is 6.74. The van der Waals surface area contributed by atoms with Crippen LogP contribution in [0.5, 0.6) is 11.5 Å². The first-order chi connectivity index (χ1) is 11.5. The molecule has 2 aromatic rings. The summed E-state index contributed by atoms with van der Waals surface area (Å²) in [5, 5.41) is 2.63. The molecule has 0 bridgehead atoms. The van der Waals surface area contributed by atoms with Gasteiger partial charge in [-0.2, -0.15) is 0 Å². The molecule has 2 heterocycles. The number of aromatic nitrogens is 1. The van der Waals surface area contributed by atoms with Gasteiger partial charge in [0.25, 0.3) is 0 Å². The number of ether oxygens (including phenoxy) is 2. The van der Waals surface area contributed by atoms with Crippen molar-refractivity contribution in [3.05, 3.63) is 48.3 Å². The highest BCUT2D eigenvalue weighted by atomic mass is 32.2. The molecule has 0 saturated carbocycles. The van der Waals surface area contributed by atoms with Crippen molar-refractivity contribution in [3.63, 3.8) is 0 Å². The lowest BCUT2D eigenvalue weighted by atomic mass is 10.3. The van der Waals surface area contributed by atoms with E-state index >= 15 is 0 Å². The van der Waals surface area contributed by atoms with Gasteiger partial charge in [-0.3, -0.25) is 9.78 Å². The molecule has 1 aromatic heterocycles. The van der Waals surface area contributed by atoms with Gasteiger partial charge in [-0.05, 0) is 29.8 Å². The third-order valence-electron chi connectivity index (χ3n) is 3.32. The molecule has 3 rings (SSSR count). The summed E-state index contributed by atoms with van der Waals surface area (Å²) < 4.78 is 37.0. The van der Waals surface area contributed by atoms with Crippen molar-refractivity contribution in [2.75, 3.05) is 13.3 Å². The van der Waals surface area contributed by atoms with E-state index in [1.54, 1.807) is 24.5 Å². The van der Waals surface area contributed by atoms with Gasteiger partial charge in [-0.1, -0.05) is 0 Å². The van der Waals surface area contributed by atoms with Gasteiger partial charge in [-0.15, -0.1) is 0 Å². The number of hydrogen-bond acceptors (Lipinski definition) is 6. The highest BCUT2D eigenvalue weighted by Gasteiger charge is 2.20. The van der Waals surface area contributed by atoms with Crippen LogP contribution in [0.3, 0.4) is 0 Å². The van der Waals surface area contributed by atoms with E-state index in [9.17, 15) is 13.2 Å². The maximum atomic E-state index is 12.2. The second kappa shape index (κ2) is 6.85. The van der Waals surface area contributed by atoms with Crippen molar-refractivity contribution in [3.8, 4) is 11.5 Å². The number of carbonyl (C=O) groups excluding carboxylic acids is 1. The van der Waals surface area contributed by atoms with Crippen LogP contribution in [0, 0.1) is 0 Å². The predicted octanol–water partition coefficient (Wildman–Crippen LogP) is 0.405. The molecular weight excluding hydrogens is 334 g/mol. The number of rotatable bonds is 6. The van der Waals surface area contributed by atoms with Crippen LogP contribution in [0.1, 0.15) is 5.56 Å². The first-order valence-corrected chi connectivity index (χ1v) is 8.58. The molecule has 0 unspecified atom stereocenters. The first-order valence-electron chi connectivity index (χ1n) is 7.09. The third-order valence-corrected chi connectivity index (χ3v) is 4.72. The van der Waals surface area contributed by atoms with Gasteiger partial charge in [0.1, 0.15) is 0 Å². The number of pyridine rings is 1. The quantitative estimate of drug-likeness (QED) is 0.782. The van der Waals surface area contributed by atoms with Gasteiger partial charge in [0.2, 0.25) is 22.7 Å². The number of amides is 1. The van der Waals surface area contributed by atoms with Crippen LogP contribution in [0.25, 0.3) is 0 Å². The van der Waals surface area contributed by atoms with Crippen LogP contribution in [0.15, 0.2) is 47.6 Å². The predicted molar refractivity (Wildman–Crippen MR) is 83.8 cm³/mol. The Kier molecular flexibility index (Phi) is 4.63. The van der Waals surface area contributed by atoms with Crippen molar-refractivity contribution in [2.45, 2.75) is 11.4 Å². The molecule has 0 fully saturated rings. The van der Waals surface area contributed by atoms with Crippen LogP contribution in [-0.2, 0) is 21.4 Å². The summed E-state index contributed by atoms with van der Waals surface area (Å²) in [6, 6.07) is 7.79. The Hall–Kier alpha value is -2.65. The lowest BCUT2D eigenvalue weighted by molar-refractivity contribution is -0.120. The van der Waals surface area contributed by atoms with Crippen LogP contribution >= 0.6 is 0 Å². The summed E-state index contributed by atoms with van der Waals surface area (Å²) in [6.07, 6.45) is 3.23. The van der Waals surface area contributed by atoms with E-state index in [0.717, 1.165) is 5.56 Å². The second-order valence-electron chi connectivity index (χ2n) is 4.97. The van der Waals surface area contributed by atoms with Crippen molar-refractivity contribution >= 4 is 15.9 Å². The van der Waals surface area contributed by atoms with Crippen LogP contribution in [0.2, 0.25) is 0 Å². The Balaban J connectivity index is 1.56. The molecule has 9 heteroatoms. The van der Waals surface area contributed by atoms with Crippen LogP contribution in [0.4, 0.5) is 0 Å². The molecule has 24 heavy (non-hydrogen) atoms. The van der Waals surface area contributed by atoms with E-state index in [0.29, 0.717) is 18.0 Å². The molecule has 2 N–H and O–H groups in total. The van der Waals surface area contributed by atoms with Gasteiger partial charge < -0.3 is 14.8 Å². The Labute approximate surface area is 138 Å². The highest BCUT2D eigenvalue weighted by Crippen LogP contribution is 2.33. The zero-order valence-corrected chi connectivity index (χ0v) is 13.4. The maximum absolute atomic E-state index is 12.2. The normalized spacial score (nSPS) is 12.8. The summed E-state index contributed by atoms with van der Waals surface area (Å²) in [4.78, 5) is 15.7. The standard InChI is InChI=1S/C15H15N3O5S/c19-15(17-8-11-3-5-16-6-4-11)9-18-24(20,21)12-1-2-13-14(7-12)23-10-22-13/h1-7,18H,8-10H2,(H,17,19). The average Bonchev–Trinajstić information content (AvgIpc) is 3.07. The molecule has 0 atom stereocenters. The minimum absolute atomic E-state index is 0.00804.